The first-order valence-corrected chi connectivity index (χ1v) is 8.89. The van der Waals surface area contributed by atoms with E-state index in [-0.39, 0.29) is 30.9 Å². The molecule has 0 fully saturated rings. The molecule has 2 rings (SSSR count). The Kier molecular flexibility index (Phi) is 7.83. The number of benzene rings is 2. The van der Waals surface area contributed by atoms with E-state index in [1.165, 1.54) is 0 Å². The lowest BCUT2D eigenvalue weighted by Crippen LogP contribution is -2.36. The normalized spacial score (nSPS) is 9.93. The third kappa shape index (κ3) is 6.64. The Balaban J connectivity index is 1.71. The molecular weight excluding hydrogens is 360 g/mol. The van der Waals surface area contributed by atoms with Crippen LogP contribution in [0.5, 0.6) is 5.75 Å². The highest BCUT2D eigenvalue weighted by atomic mass is 16.5. The maximum Gasteiger partial charge on any atom is 0.319 e. The standard InChI is InChI=1S/C20H24N4O4/c1-3-18(25)23-15-9-7-14(8-10-15)19(26)21-11-12-22-20(27)24-16-5-4-6-17(13-16)28-2/h4-10,13H,3,11-12H2,1-2H3,(H,21,26)(H,23,25)(H2,22,24,27). The van der Waals surface area contributed by atoms with Crippen LogP contribution in [0.2, 0.25) is 0 Å². The molecule has 28 heavy (non-hydrogen) atoms. The third-order valence-corrected chi connectivity index (χ3v) is 3.78. The first kappa shape index (κ1) is 20.8. The molecule has 0 heterocycles. The molecule has 0 aliphatic rings. The Morgan fingerprint density at radius 2 is 1.61 bits per heavy atom. The lowest BCUT2D eigenvalue weighted by Gasteiger charge is -2.10. The van der Waals surface area contributed by atoms with Gasteiger partial charge in [-0.3, -0.25) is 9.59 Å². The fourth-order valence-electron chi connectivity index (χ4n) is 2.28. The number of nitrogens with one attached hydrogen (secondary N) is 4. The highest BCUT2D eigenvalue weighted by Crippen LogP contribution is 2.16. The highest BCUT2D eigenvalue weighted by Gasteiger charge is 2.07. The van der Waals surface area contributed by atoms with Crippen LogP contribution in [0.1, 0.15) is 23.7 Å². The lowest BCUT2D eigenvalue weighted by molar-refractivity contribution is -0.115. The summed E-state index contributed by atoms with van der Waals surface area (Å²) in [4.78, 5) is 35.3. The van der Waals surface area contributed by atoms with Crippen molar-refractivity contribution in [3.8, 4) is 5.75 Å². The number of urea groups is 1. The summed E-state index contributed by atoms with van der Waals surface area (Å²) in [6, 6.07) is 13.2. The Hall–Kier alpha value is -3.55. The summed E-state index contributed by atoms with van der Waals surface area (Å²) in [5.41, 5.74) is 1.71. The molecule has 0 radical (unpaired) electrons. The fourth-order valence-corrected chi connectivity index (χ4v) is 2.28. The lowest BCUT2D eigenvalue weighted by atomic mass is 10.2. The second kappa shape index (κ2) is 10.6. The van der Waals surface area contributed by atoms with Crippen molar-refractivity contribution in [1.29, 1.82) is 0 Å². The molecule has 0 atom stereocenters. The summed E-state index contributed by atoms with van der Waals surface area (Å²) in [5.74, 6) is 0.296. The van der Waals surface area contributed by atoms with Gasteiger partial charge in [-0.05, 0) is 36.4 Å². The minimum absolute atomic E-state index is 0.0875. The van der Waals surface area contributed by atoms with Gasteiger partial charge in [-0.25, -0.2) is 4.79 Å². The van der Waals surface area contributed by atoms with E-state index in [2.05, 4.69) is 21.3 Å². The van der Waals surface area contributed by atoms with E-state index in [4.69, 9.17) is 4.74 Å². The number of amides is 4. The molecule has 0 saturated carbocycles. The van der Waals surface area contributed by atoms with Gasteiger partial charge in [-0.15, -0.1) is 0 Å². The molecule has 4 N–H and O–H groups in total. The zero-order chi connectivity index (χ0) is 20.4. The molecule has 0 bridgehead atoms. The molecule has 0 aliphatic heterocycles. The molecule has 2 aromatic carbocycles. The summed E-state index contributed by atoms with van der Waals surface area (Å²) < 4.78 is 5.10. The van der Waals surface area contributed by atoms with Crippen LogP contribution in [0.3, 0.4) is 0 Å². The van der Waals surface area contributed by atoms with Crippen molar-refractivity contribution >= 4 is 29.2 Å². The van der Waals surface area contributed by atoms with Gasteiger partial charge in [0.1, 0.15) is 5.75 Å². The van der Waals surface area contributed by atoms with Crippen LogP contribution in [0.25, 0.3) is 0 Å². The second-order valence-electron chi connectivity index (χ2n) is 5.85. The minimum Gasteiger partial charge on any atom is -0.497 e. The van der Waals surface area contributed by atoms with E-state index in [9.17, 15) is 14.4 Å². The van der Waals surface area contributed by atoms with Gasteiger partial charge in [0.2, 0.25) is 5.91 Å². The second-order valence-corrected chi connectivity index (χ2v) is 5.85. The van der Waals surface area contributed by atoms with Crippen LogP contribution in [-0.4, -0.2) is 38.0 Å². The first-order valence-electron chi connectivity index (χ1n) is 8.89. The van der Waals surface area contributed by atoms with Crippen molar-refractivity contribution in [1.82, 2.24) is 10.6 Å². The molecule has 0 unspecified atom stereocenters. The predicted octanol–water partition coefficient (Wildman–Crippen LogP) is 2.60. The van der Waals surface area contributed by atoms with Gasteiger partial charge in [0.25, 0.3) is 5.91 Å². The predicted molar refractivity (Wildman–Crippen MR) is 108 cm³/mol. The van der Waals surface area contributed by atoms with E-state index in [1.54, 1.807) is 62.6 Å². The topological polar surface area (TPSA) is 109 Å². The number of methoxy groups -OCH3 is 1. The van der Waals surface area contributed by atoms with Crippen LogP contribution in [0, 0.1) is 0 Å². The van der Waals surface area contributed by atoms with E-state index < -0.39 is 0 Å². The van der Waals surface area contributed by atoms with Crippen molar-refractivity contribution in [2.24, 2.45) is 0 Å². The molecule has 148 valence electrons. The molecule has 8 nitrogen and oxygen atoms in total. The average Bonchev–Trinajstić information content (AvgIpc) is 2.71. The minimum atomic E-state index is -0.376. The number of carbonyl (C=O) groups is 3. The van der Waals surface area contributed by atoms with E-state index in [1.807, 2.05) is 0 Å². The molecule has 0 spiro atoms. The molecule has 8 heteroatoms. The maximum atomic E-state index is 12.1. The van der Waals surface area contributed by atoms with Gasteiger partial charge in [0.05, 0.1) is 7.11 Å². The molecule has 4 amide bonds. The van der Waals surface area contributed by atoms with Crippen molar-refractivity contribution in [2.45, 2.75) is 13.3 Å². The zero-order valence-corrected chi connectivity index (χ0v) is 15.9. The summed E-state index contributed by atoms with van der Waals surface area (Å²) in [6.07, 6.45) is 0.390. The van der Waals surface area contributed by atoms with Crippen molar-refractivity contribution in [3.05, 3.63) is 54.1 Å². The fraction of sp³-hybridized carbons (Fsp3) is 0.250. The number of hydrogen-bond donors (Lipinski definition) is 4. The molecule has 2 aromatic rings. The molecule has 0 aromatic heterocycles. The Labute approximate surface area is 163 Å². The van der Waals surface area contributed by atoms with Crippen LogP contribution in [-0.2, 0) is 4.79 Å². The molecular formula is C20H24N4O4. The van der Waals surface area contributed by atoms with Crippen molar-refractivity contribution < 1.29 is 19.1 Å². The van der Waals surface area contributed by atoms with Gasteiger partial charge in [-0.2, -0.15) is 0 Å². The Morgan fingerprint density at radius 3 is 2.29 bits per heavy atom. The van der Waals surface area contributed by atoms with Gasteiger partial charge in [0, 0.05) is 42.5 Å². The molecule has 0 saturated heterocycles. The Bertz CT molecular complexity index is 821. The number of carbonyl (C=O) groups excluding carboxylic acids is 3. The van der Waals surface area contributed by atoms with E-state index in [0.717, 1.165) is 0 Å². The van der Waals surface area contributed by atoms with Crippen LogP contribution in [0.4, 0.5) is 16.2 Å². The summed E-state index contributed by atoms with van der Waals surface area (Å²) >= 11 is 0. The van der Waals surface area contributed by atoms with Gasteiger partial charge < -0.3 is 26.0 Å². The number of anilines is 2. The first-order chi connectivity index (χ1) is 13.5. The smallest absolute Gasteiger partial charge is 0.319 e. The SMILES string of the molecule is CCC(=O)Nc1ccc(C(=O)NCCNC(=O)Nc2cccc(OC)c2)cc1. The van der Waals surface area contributed by atoms with Gasteiger partial charge in [0.15, 0.2) is 0 Å². The van der Waals surface area contributed by atoms with Gasteiger partial charge >= 0.3 is 6.03 Å². The molecule has 0 aliphatic carbocycles. The summed E-state index contributed by atoms with van der Waals surface area (Å²) in [6.45, 7) is 2.31. The zero-order valence-electron chi connectivity index (χ0n) is 15.9. The largest absolute Gasteiger partial charge is 0.497 e. The maximum absolute atomic E-state index is 12.1. The van der Waals surface area contributed by atoms with Crippen LogP contribution < -0.4 is 26.0 Å². The quantitative estimate of drug-likeness (QED) is 0.525. The third-order valence-electron chi connectivity index (χ3n) is 3.78. The number of hydrogen-bond acceptors (Lipinski definition) is 4. The van der Waals surface area contributed by atoms with Gasteiger partial charge in [-0.1, -0.05) is 13.0 Å². The summed E-state index contributed by atoms with van der Waals surface area (Å²) in [7, 11) is 1.55. The van der Waals surface area contributed by atoms with E-state index in [0.29, 0.717) is 29.1 Å². The number of ether oxygens (including phenoxy) is 1. The highest BCUT2D eigenvalue weighted by molar-refractivity contribution is 5.95. The average molecular weight is 384 g/mol. The monoisotopic (exact) mass is 384 g/mol. The van der Waals surface area contributed by atoms with E-state index >= 15 is 0 Å². The van der Waals surface area contributed by atoms with Crippen LogP contribution >= 0.6 is 0 Å². The van der Waals surface area contributed by atoms with Crippen molar-refractivity contribution in [2.75, 3.05) is 30.8 Å². The van der Waals surface area contributed by atoms with Crippen LogP contribution in [0.15, 0.2) is 48.5 Å². The van der Waals surface area contributed by atoms with Crippen molar-refractivity contribution in [3.63, 3.8) is 0 Å². The Morgan fingerprint density at radius 1 is 0.893 bits per heavy atom. The summed E-state index contributed by atoms with van der Waals surface area (Å²) in [5, 5.41) is 10.8. The number of rotatable bonds is 8.